The molecule has 0 radical (unpaired) electrons. The number of morpholine rings is 1. The topological polar surface area (TPSA) is 67.6 Å². The van der Waals surface area contributed by atoms with Crippen LogP contribution in [0.2, 0.25) is 0 Å². The lowest BCUT2D eigenvalue weighted by Gasteiger charge is -2.31. The van der Waals surface area contributed by atoms with Crippen LogP contribution in [0.5, 0.6) is 0 Å². The molecule has 3 rings (SSSR count). The molecule has 25 heavy (non-hydrogen) atoms. The second kappa shape index (κ2) is 8.42. The van der Waals surface area contributed by atoms with Crippen LogP contribution in [0.1, 0.15) is 11.6 Å². The summed E-state index contributed by atoms with van der Waals surface area (Å²) in [5.41, 5.74) is 1.69. The third kappa shape index (κ3) is 4.78. The van der Waals surface area contributed by atoms with Crippen molar-refractivity contribution in [1.29, 1.82) is 0 Å². The molecule has 1 unspecified atom stereocenters. The Morgan fingerprint density at radius 1 is 1.20 bits per heavy atom. The van der Waals surface area contributed by atoms with Gasteiger partial charge in [0, 0.05) is 30.2 Å². The number of nitrogens with zero attached hydrogens (tertiary/aromatic N) is 2. The SMILES string of the molecule is O=[N+]([O-])c1cc(Br)ccc1NC(CN1CCOCC1)c1ccccc1. The van der Waals surface area contributed by atoms with E-state index in [-0.39, 0.29) is 16.7 Å². The molecule has 1 fully saturated rings. The van der Waals surface area contributed by atoms with Crippen LogP contribution in [0.4, 0.5) is 11.4 Å². The summed E-state index contributed by atoms with van der Waals surface area (Å²) in [5.74, 6) is 0. The molecule has 1 heterocycles. The summed E-state index contributed by atoms with van der Waals surface area (Å²) in [6.07, 6.45) is 0. The Morgan fingerprint density at radius 3 is 2.60 bits per heavy atom. The smallest absolute Gasteiger partial charge is 0.293 e. The second-order valence-corrected chi connectivity index (χ2v) is 6.85. The van der Waals surface area contributed by atoms with Crippen LogP contribution in [0.15, 0.2) is 53.0 Å². The van der Waals surface area contributed by atoms with E-state index in [1.54, 1.807) is 6.07 Å². The average Bonchev–Trinajstić information content (AvgIpc) is 2.64. The van der Waals surface area contributed by atoms with Gasteiger partial charge in [0.2, 0.25) is 0 Å². The number of hydrogen-bond acceptors (Lipinski definition) is 5. The monoisotopic (exact) mass is 405 g/mol. The van der Waals surface area contributed by atoms with Crippen molar-refractivity contribution < 1.29 is 9.66 Å². The second-order valence-electron chi connectivity index (χ2n) is 5.94. The molecule has 1 aliphatic heterocycles. The Hall–Kier alpha value is -1.96. The third-order valence-electron chi connectivity index (χ3n) is 4.23. The van der Waals surface area contributed by atoms with Crippen molar-refractivity contribution in [3.63, 3.8) is 0 Å². The van der Waals surface area contributed by atoms with E-state index >= 15 is 0 Å². The minimum Gasteiger partial charge on any atom is -0.379 e. The molecule has 2 aromatic carbocycles. The van der Waals surface area contributed by atoms with Gasteiger partial charge in [0.05, 0.1) is 24.2 Å². The number of benzene rings is 2. The van der Waals surface area contributed by atoms with E-state index in [9.17, 15) is 10.1 Å². The first-order valence-corrected chi connectivity index (χ1v) is 8.98. The van der Waals surface area contributed by atoms with Gasteiger partial charge < -0.3 is 10.1 Å². The molecule has 6 nitrogen and oxygen atoms in total. The van der Waals surface area contributed by atoms with Gasteiger partial charge in [-0.05, 0) is 17.7 Å². The molecule has 0 aromatic heterocycles. The van der Waals surface area contributed by atoms with Crippen LogP contribution < -0.4 is 5.32 Å². The lowest BCUT2D eigenvalue weighted by Crippen LogP contribution is -2.40. The molecule has 132 valence electrons. The molecule has 1 saturated heterocycles. The van der Waals surface area contributed by atoms with Crippen molar-refractivity contribution in [2.45, 2.75) is 6.04 Å². The fraction of sp³-hybridized carbons (Fsp3) is 0.333. The molecule has 0 bridgehead atoms. The summed E-state index contributed by atoms with van der Waals surface area (Å²) in [4.78, 5) is 13.4. The van der Waals surface area contributed by atoms with Crippen LogP contribution in [0, 0.1) is 10.1 Å². The van der Waals surface area contributed by atoms with E-state index in [2.05, 4.69) is 26.1 Å². The summed E-state index contributed by atoms with van der Waals surface area (Å²) in [6.45, 7) is 3.95. The highest BCUT2D eigenvalue weighted by Crippen LogP contribution is 2.31. The van der Waals surface area contributed by atoms with Crippen LogP contribution >= 0.6 is 15.9 Å². The number of rotatable bonds is 6. The quantitative estimate of drug-likeness (QED) is 0.583. The molecule has 1 N–H and O–H groups in total. The average molecular weight is 406 g/mol. The molecule has 0 spiro atoms. The number of nitro benzene ring substituents is 1. The number of hydrogen-bond donors (Lipinski definition) is 1. The summed E-state index contributed by atoms with van der Waals surface area (Å²) in [6, 6.07) is 15.1. The Labute approximate surface area is 155 Å². The first kappa shape index (κ1) is 17.8. The van der Waals surface area contributed by atoms with Crippen LogP contribution in [0.3, 0.4) is 0 Å². The number of halogens is 1. The zero-order valence-electron chi connectivity index (χ0n) is 13.7. The fourth-order valence-electron chi connectivity index (χ4n) is 2.93. The molecular weight excluding hydrogens is 386 g/mol. The maximum atomic E-state index is 11.4. The highest BCUT2D eigenvalue weighted by molar-refractivity contribution is 9.10. The highest BCUT2D eigenvalue weighted by atomic mass is 79.9. The van der Waals surface area contributed by atoms with E-state index in [1.807, 2.05) is 36.4 Å². The van der Waals surface area contributed by atoms with Crippen molar-refractivity contribution in [3.8, 4) is 0 Å². The Balaban J connectivity index is 1.86. The van der Waals surface area contributed by atoms with Crippen LogP contribution in [-0.4, -0.2) is 42.7 Å². The number of nitro groups is 1. The normalized spacial score (nSPS) is 16.4. The van der Waals surface area contributed by atoms with E-state index in [0.717, 1.165) is 38.4 Å². The third-order valence-corrected chi connectivity index (χ3v) is 4.73. The maximum absolute atomic E-state index is 11.4. The van der Waals surface area contributed by atoms with Gasteiger partial charge in [-0.25, -0.2) is 0 Å². The number of anilines is 1. The standard InChI is InChI=1S/C18H20BrN3O3/c19-15-6-7-16(18(12-15)22(23)24)20-17(14-4-2-1-3-5-14)13-21-8-10-25-11-9-21/h1-7,12,17,20H,8-11,13H2. The van der Waals surface area contributed by atoms with Crippen molar-refractivity contribution in [1.82, 2.24) is 4.90 Å². The maximum Gasteiger partial charge on any atom is 0.293 e. The number of ether oxygens (including phenoxy) is 1. The fourth-order valence-corrected chi connectivity index (χ4v) is 3.28. The predicted octanol–water partition coefficient (Wildman–Crippen LogP) is 3.84. The van der Waals surface area contributed by atoms with Gasteiger partial charge in [-0.1, -0.05) is 46.3 Å². The summed E-state index contributed by atoms with van der Waals surface area (Å²) in [5, 5.41) is 14.8. The molecule has 7 heteroatoms. The minimum absolute atomic E-state index is 0.0424. The van der Waals surface area contributed by atoms with Crippen molar-refractivity contribution in [2.24, 2.45) is 0 Å². The highest BCUT2D eigenvalue weighted by Gasteiger charge is 2.22. The van der Waals surface area contributed by atoms with E-state index in [4.69, 9.17) is 4.74 Å². The first-order chi connectivity index (χ1) is 12.1. The van der Waals surface area contributed by atoms with Gasteiger partial charge >= 0.3 is 0 Å². The van der Waals surface area contributed by atoms with Gasteiger partial charge in [-0.2, -0.15) is 0 Å². The Morgan fingerprint density at radius 2 is 1.92 bits per heavy atom. The van der Waals surface area contributed by atoms with Crippen LogP contribution in [-0.2, 0) is 4.74 Å². The molecule has 1 atom stereocenters. The van der Waals surface area contributed by atoms with Gasteiger partial charge in [0.15, 0.2) is 0 Å². The Bertz CT molecular complexity index is 721. The molecule has 0 aliphatic carbocycles. The van der Waals surface area contributed by atoms with Crippen molar-refractivity contribution in [3.05, 3.63) is 68.7 Å². The van der Waals surface area contributed by atoms with E-state index in [0.29, 0.717) is 10.2 Å². The zero-order valence-corrected chi connectivity index (χ0v) is 15.3. The van der Waals surface area contributed by atoms with Crippen LogP contribution in [0.25, 0.3) is 0 Å². The molecule has 0 amide bonds. The first-order valence-electron chi connectivity index (χ1n) is 8.19. The zero-order chi connectivity index (χ0) is 17.6. The van der Waals surface area contributed by atoms with Gasteiger partial charge in [-0.15, -0.1) is 0 Å². The molecular formula is C18H20BrN3O3. The van der Waals surface area contributed by atoms with E-state index in [1.165, 1.54) is 6.07 Å². The van der Waals surface area contributed by atoms with E-state index < -0.39 is 0 Å². The lowest BCUT2D eigenvalue weighted by molar-refractivity contribution is -0.384. The van der Waals surface area contributed by atoms with Crippen molar-refractivity contribution in [2.75, 3.05) is 38.2 Å². The summed E-state index contributed by atoms with van der Waals surface area (Å²) in [7, 11) is 0. The minimum atomic E-state index is -0.357. The number of nitrogens with one attached hydrogen (secondary N) is 1. The van der Waals surface area contributed by atoms with Gasteiger partial charge in [-0.3, -0.25) is 15.0 Å². The lowest BCUT2D eigenvalue weighted by atomic mass is 10.1. The largest absolute Gasteiger partial charge is 0.379 e. The summed E-state index contributed by atoms with van der Waals surface area (Å²) >= 11 is 3.30. The molecule has 1 aliphatic rings. The molecule has 2 aromatic rings. The summed E-state index contributed by atoms with van der Waals surface area (Å²) < 4.78 is 6.10. The predicted molar refractivity (Wildman–Crippen MR) is 101 cm³/mol. The Kier molecular flexibility index (Phi) is 6.01. The van der Waals surface area contributed by atoms with Gasteiger partial charge in [0.1, 0.15) is 5.69 Å². The molecule has 0 saturated carbocycles. The van der Waals surface area contributed by atoms with Crippen molar-refractivity contribution >= 4 is 27.3 Å². The van der Waals surface area contributed by atoms with Gasteiger partial charge in [0.25, 0.3) is 5.69 Å².